The van der Waals surface area contributed by atoms with Crippen LogP contribution in [0.4, 0.5) is 5.69 Å². The number of amides is 1. The minimum Gasteiger partial charge on any atom is -0.324 e. The summed E-state index contributed by atoms with van der Waals surface area (Å²) in [5.41, 5.74) is 0.714. The van der Waals surface area contributed by atoms with Gasteiger partial charge in [-0.15, -0.1) is 0 Å². The molecule has 0 heterocycles. The van der Waals surface area contributed by atoms with Gasteiger partial charge in [-0.3, -0.25) is 4.79 Å². The van der Waals surface area contributed by atoms with Crippen LogP contribution in [0.2, 0.25) is 5.02 Å². The first-order valence-electron chi connectivity index (χ1n) is 6.34. The van der Waals surface area contributed by atoms with E-state index in [-0.39, 0.29) is 11.8 Å². The molecule has 0 radical (unpaired) electrons. The van der Waals surface area contributed by atoms with Gasteiger partial charge in [0.25, 0.3) is 0 Å². The van der Waals surface area contributed by atoms with Gasteiger partial charge in [-0.05, 0) is 53.6 Å². The molecule has 1 amide bonds. The fraction of sp³-hybridized carbons (Fsp3) is 0.500. The van der Waals surface area contributed by atoms with E-state index in [9.17, 15) is 4.79 Å². The molecule has 0 saturated carbocycles. The maximum atomic E-state index is 12.2. The third kappa shape index (κ3) is 4.76. The average Bonchev–Trinajstić information content (AvgIpc) is 2.33. The summed E-state index contributed by atoms with van der Waals surface area (Å²) < 4.78 is 1.06. The molecule has 0 fully saturated rings. The maximum Gasteiger partial charge on any atom is 0.227 e. The number of nitrogens with one attached hydrogen (secondary N) is 1. The van der Waals surface area contributed by atoms with Gasteiger partial charge >= 0.3 is 0 Å². The SMILES string of the molecule is CCCC(CCC)C(=O)Nc1cc(I)ccc1Cl. The van der Waals surface area contributed by atoms with Crippen molar-refractivity contribution in [1.29, 1.82) is 0 Å². The molecule has 0 bridgehead atoms. The normalized spacial score (nSPS) is 10.7. The number of hydrogen-bond acceptors (Lipinski definition) is 1. The van der Waals surface area contributed by atoms with Crippen molar-refractivity contribution >= 4 is 45.8 Å². The fourth-order valence-corrected chi connectivity index (χ4v) is 2.59. The molecule has 0 aliphatic rings. The Labute approximate surface area is 128 Å². The van der Waals surface area contributed by atoms with Crippen molar-refractivity contribution < 1.29 is 4.79 Å². The van der Waals surface area contributed by atoms with E-state index in [1.807, 2.05) is 18.2 Å². The Morgan fingerprint density at radius 2 is 1.94 bits per heavy atom. The highest BCUT2D eigenvalue weighted by atomic mass is 127. The molecular formula is C14H19ClINO. The highest BCUT2D eigenvalue weighted by molar-refractivity contribution is 14.1. The molecule has 1 aromatic rings. The lowest BCUT2D eigenvalue weighted by Crippen LogP contribution is -2.22. The standard InChI is InChI=1S/C14H19ClINO/c1-3-5-10(6-4-2)14(18)17-13-9-11(16)7-8-12(13)15/h7-10H,3-6H2,1-2H3,(H,17,18). The second-order valence-electron chi connectivity index (χ2n) is 4.39. The van der Waals surface area contributed by atoms with Crippen molar-refractivity contribution in [2.24, 2.45) is 5.92 Å². The second-order valence-corrected chi connectivity index (χ2v) is 6.04. The van der Waals surface area contributed by atoms with E-state index in [1.54, 1.807) is 0 Å². The number of carbonyl (C=O) groups is 1. The zero-order chi connectivity index (χ0) is 13.5. The summed E-state index contributed by atoms with van der Waals surface area (Å²) in [4.78, 5) is 12.2. The Kier molecular flexibility index (Phi) is 7.00. The molecule has 0 aliphatic heterocycles. The van der Waals surface area contributed by atoms with Crippen LogP contribution in [0.25, 0.3) is 0 Å². The summed E-state index contributed by atoms with van der Waals surface area (Å²) in [6.45, 7) is 4.21. The Morgan fingerprint density at radius 3 is 2.50 bits per heavy atom. The average molecular weight is 380 g/mol. The van der Waals surface area contributed by atoms with Crippen LogP contribution in [0.3, 0.4) is 0 Å². The van der Waals surface area contributed by atoms with Crippen molar-refractivity contribution in [2.45, 2.75) is 39.5 Å². The van der Waals surface area contributed by atoms with Crippen LogP contribution in [0, 0.1) is 9.49 Å². The van der Waals surface area contributed by atoms with E-state index in [4.69, 9.17) is 11.6 Å². The van der Waals surface area contributed by atoms with E-state index in [1.165, 1.54) is 0 Å². The van der Waals surface area contributed by atoms with Gasteiger partial charge in [-0.1, -0.05) is 38.3 Å². The van der Waals surface area contributed by atoms with Crippen LogP contribution in [-0.4, -0.2) is 5.91 Å². The minimum absolute atomic E-state index is 0.0857. The number of rotatable bonds is 6. The lowest BCUT2D eigenvalue weighted by atomic mass is 9.97. The third-order valence-corrected chi connectivity index (χ3v) is 3.83. The highest BCUT2D eigenvalue weighted by Gasteiger charge is 2.17. The number of benzene rings is 1. The molecule has 18 heavy (non-hydrogen) atoms. The lowest BCUT2D eigenvalue weighted by Gasteiger charge is -2.16. The van der Waals surface area contributed by atoms with E-state index in [2.05, 4.69) is 41.8 Å². The van der Waals surface area contributed by atoms with Crippen LogP contribution in [0.15, 0.2) is 18.2 Å². The molecule has 0 unspecified atom stereocenters. The minimum atomic E-state index is 0.0857. The number of halogens is 2. The van der Waals surface area contributed by atoms with Crippen molar-refractivity contribution in [2.75, 3.05) is 5.32 Å². The first-order chi connectivity index (χ1) is 8.58. The van der Waals surface area contributed by atoms with E-state index in [0.717, 1.165) is 29.3 Å². The number of anilines is 1. The van der Waals surface area contributed by atoms with E-state index >= 15 is 0 Å². The van der Waals surface area contributed by atoms with Crippen molar-refractivity contribution in [3.05, 3.63) is 26.8 Å². The van der Waals surface area contributed by atoms with Gasteiger partial charge in [0.1, 0.15) is 0 Å². The molecule has 1 rings (SSSR count). The molecule has 0 saturated heterocycles. The van der Waals surface area contributed by atoms with Crippen LogP contribution in [0.5, 0.6) is 0 Å². The second kappa shape index (κ2) is 8.00. The van der Waals surface area contributed by atoms with Gasteiger partial charge in [0, 0.05) is 9.49 Å². The summed E-state index contributed by atoms with van der Waals surface area (Å²) in [5, 5.41) is 3.54. The van der Waals surface area contributed by atoms with Crippen molar-refractivity contribution in [3.63, 3.8) is 0 Å². The highest BCUT2D eigenvalue weighted by Crippen LogP contribution is 2.25. The monoisotopic (exact) mass is 379 g/mol. The van der Waals surface area contributed by atoms with E-state index in [0.29, 0.717) is 10.7 Å². The molecule has 1 aromatic carbocycles. The Morgan fingerprint density at radius 1 is 1.33 bits per heavy atom. The van der Waals surface area contributed by atoms with E-state index < -0.39 is 0 Å². The zero-order valence-corrected chi connectivity index (χ0v) is 13.7. The number of hydrogen-bond donors (Lipinski definition) is 1. The van der Waals surface area contributed by atoms with Gasteiger partial charge in [0.05, 0.1) is 10.7 Å². The molecule has 1 N–H and O–H groups in total. The fourth-order valence-electron chi connectivity index (χ4n) is 1.93. The zero-order valence-electron chi connectivity index (χ0n) is 10.8. The number of carbonyl (C=O) groups excluding carboxylic acids is 1. The molecule has 0 spiro atoms. The maximum absolute atomic E-state index is 12.2. The summed E-state index contributed by atoms with van der Waals surface area (Å²) in [5.74, 6) is 0.177. The molecule has 0 aromatic heterocycles. The van der Waals surface area contributed by atoms with Gasteiger partial charge in [-0.2, -0.15) is 0 Å². The Bertz CT molecular complexity index is 403. The topological polar surface area (TPSA) is 29.1 Å². The van der Waals surface area contributed by atoms with Crippen LogP contribution in [-0.2, 0) is 4.79 Å². The van der Waals surface area contributed by atoms with Gasteiger partial charge in [0.15, 0.2) is 0 Å². The predicted octanol–water partition coefficient (Wildman–Crippen LogP) is 5.10. The summed E-state index contributed by atoms with van der Waals surface area (Å²) in [6.07, 6.45) is 3.92. The first-order valence-corrected chi connectivity index (χ1v) is 7.80. The molecule has 0 atom stereocenters. The van der Waals surface area contributed by atoms with Crippen LogP contribution >= 0.6 is 34.2 Å². The van der Waals surface area contributed by atoms with Gasteiger partial charge in [0.2, 0.25) is 5.91 Å². The quantitative estimate of drug-likeness (QED) is 0.685. The Balaban J connectivity index is 2.75. The molecule has 100 valence electrons. The van der Waals surface area contributed by atoms with Crippen molar-refractivity contribution in [1.82, 2.24) is 0 Å². The lowest BCUT2D eigenvalue weighted by molar-refractivity contribution is -0.120. The summed E-state index contributed by atoms with van der Waals surface area (Å²) in [7, 11) is 0. The summed E-state index contributed by atoms with van der Waals surface area (Å²) >= 11 is 8.29. The Hall–Kier alpha value is -0.290. The smallest absolute Gasteiger partial charge is 0.227 e. The molecule has 4 heteroatoms. The first kappa shape index (κ1) is 15.8. The largest absolute Gasteiger partial charge is 0.324 e. The molecule has 0 aliphatic carbocycles. The van der Waals surface area contributed by atoms with Gasteiger partial charge in [-0.25, -0.2) is 0 Å². The molecule has 2 nitrogen and oxygen atoms in total. The predicted molar refractivity (Wildman–Crippen MR) is 86.1 cm³/mol. The summed E-state index contributed by atoms with van der Waals surface area (Å²) in [6, 6.07) is 5.64. The third-order valence-electron chi connectivity index (χ3n) is 2.83. The van der Waals surface area contributed by atoms with Crippen molar-refractivity contribution in [3.8, 4) is 0 Å². The van der Waals surface area contributed by atoms with Crippen LogP contribution < -0.4 is 5.32 Å². The molecular weight excluding hydrogens is 361 g/mol. The van der Waals surface area contributed by atoms with Crippen LogP contribution in [0.1, 0.15) is 39.5 Å². The van der Waals surface area contributed by atoms with Gasteiger partial charge < -0.3 is 5.32 Å².